The second-order valence-electron chi connectivity index (χ2n) is 5.28. The van der Waals surface area contributed by atoms with E-state index in [1.54, 1.807) is 0 Å². The molecule has 0 aliphatic heterocycles. The van der Waals surface area contributed by atoms with Gasteiger partial charge in [0.05, 0.1) is 5.56 Å². The SMILES string of the molecule is NC(=O)c1c(-c2ccccc2N)ccc2c1CCCC2. The molecule has 0 saturated carbocycles. The Bertz CT molecular complexity index is 677. The molecule has 1 aliphatic carbocycles. The van der Waals surface area contributed by atoms with Crippen molar-refractivity contribution in [1.82, 2.24) is 0 Å². The molecule has 0 saturated heterocycles. The lowest BCUT2D eigenvalue weighted by atomic mass is 9.84. The molecule has 4 N–H and O–H groups in total. The summed E-state index contributed by atoms with van der Waals surface area (Å²) in [6.07, 6.45) is 4.24. The number of hydrogen-bond acceptors (Lipinski definition) is 2. The zero-order chi connectivity index (χ0) is 14.1. The number of carbonyl (C=O) groups excluding carboxylic acids is 1. The molecule has 0 fully saturated rings. The molecule has 0 heterocycles. The summed E-state index contributed by atoms with van der Waals surface area (Å²) in [7, 11) is 0. The Balaban J connectivity index is 2.26. The third kappa shape index (κ3) is 2.05. The van der Waals surface area contributed by atoms with Gasteiger partial charge in [-0.25, -0.2) is 0 Å². The largest absolute Gasteiger partial charge is 0.398 e. The van der Waals surface area contributed by atoms with Gasteiger partial charge in [-0.3, -0.25) is 4.79 Å². The van der Waals surface area contributed by atoms with Gasteiger partial charge in [-0.1, -0.05) is 30.3 Å². The van der Waals surface area contributed by atoms with E-state index in [9.17, 15) is 4.79 Å². The van der Waals surface area contributed by atoms with Crippen molar-refractivity contribution < 1.29 is 4.79 Å². The quantitative estimate of drug-likeness (QED) is 0.820. The molecular formula is C17H18N2O. The number of primary amides is 1. The lowest BCUT2D eigenvalue weighted by Gasteiger charge is -2.21. The van der Waals surface area contributed by atoms with Gasteiger partial charge in [0.15, 0.2) is 0 Å². The van der Waals surface area contributed by atoms with E-state index in [2.05, 4.69) is 6.07 Å². The summed E-state index contributed by atoms with van der Waals surface area (Å²) in [6, 6.07) is 11.7. The standard InChI is InChI=1S/C17H18N2O/c18-15-8-4-3-7-13(15)14-10-9-11-5-1-2-6-12(11)16(14)17(19)20/h3-4,7-10H,1-2,5-6,18H2,(H2,19,20). The zero-order valence-electron chi connectivity index (χ0n) is 11.4. The van der Waals surface area contributed by atoms with E-state index in [-0.39, 0.29) is 5.91 Å². The first-order valence-corrected chi connectivity index (χ1v) is 6.98. The Kier molecular flexibility index (Phi) is 3.18. The Morgan fingerprint density at radius 2 is 1.70 bits per heavy atom. The minimum absolute atomic E-state index is 0.359. The number of aryl methyl sites for hydroxylation is 1. The number of benzene rings is 2. The van der Waals surface area contributed by atoms with Crippen molar-refractivity contribution in [1.29, 1.82) is 0 Å². The van der Waals surface area contributed by atoms with Gasteiger partial charge < -0.3 is 11.5 Å². The Hall–Kier alpha value is -2.29. The average molecular weight is 266 g/mol. The highest BCUT2D eigenvalue weighted by atomic mass is 16.1. The van der Waals surface area contributed by atoms with E-state index in [1.165, 1.54) is 12.0 Å². The van der Waals surface area contributed by atoms with Crippen LogP contribution in [0.15, 0.2) is 36.4 Å². The number of fused-ring (bicyclic) bond motifs is 1. The van der Waals surface area contributed by atoms with Gasteiger partial charge >= 0.3 is 0 Å². The van der Waals surface area contributed by atoms with Crippen LogP contribution in [0.2, 0.25) is 0 Å². The molecular weight excluding hydrogens is 248 g/mol. The van der Waals surface area contributed by atoms with Gasteiger partial charge in [0.25, 0.3) is 0 Å². The summed E-state index contributed by atoms with van der Waals surface area (Å²) in [5.74, 6) is -0.359. The maximum absolute atomic E-state index is 12.0. The lowest BCUT2D eigenvalue weighted by Crippen LogP contribution is -2.18. The lowest BCUT2D eigenvalue weighted by molar-refractivity contribution is 0.0999. The van der Waals surface area contributed by atoms with E-state index < -0.39 is 0 Å². The predicted octanol–water partition coefficient (Wildman–Crippen LogP) is 2.91. The van der Waals surface area contributed by atoms with Crippen molar-refractivity contribution in [3.8, 4) is 11.1 Å². The summed E-state index contributed by atoms with van der Waals surface area (Å²) < 4.78 is 0. The number of hydrogen-bond donors (Lipinski definition) is 2. The summed E-state index contributed by atoms with van der Waals surface area (Å²) in [5, 5.41) is 0. The fraction of sp³-hybridized carbons (Fsp3) is 0.235. The first kappa shape index (κ1) is 12.7. The first-order chi connectivity index (χ1) is 9.68. The van der Waals surface area contributed by atoms with Crippen LogP contribution in [0, 0.1) is 0 Å². The van der Waals surface area contributed by atoms with Crippen molar-refractivity contribution in [3.05, 3.63) is 53.1 Å². The Morgan fingerprint density at radius 1 is 0.950 bits per heavy atom. The van der Waals surface area contributed by atoms with Crippen molar-refractivity contribution >= 4 is 11.6 Å². The Morgan fingerprint density at radius 3 is 2.45 bits per heavy atom. The molecule has 0 unspecified atom stereocenters. The third-order valence-electron chi connectivity index (χ3n) is 4.03. The predicted molar refractivity (Wildman–Crippen MR) is 81.5 cm³/mol. The second-order valence-corrected chi connectivity index (χ2v) is 5.28. The van der Waals surface area contributed by atoms with Crippen LogP contribution in [-0.4, -0.2) is 5.91 Å². The van der Waals surface area contributed by atoms with Gasteiger partial charge in [0.1, 0.15) is 0 Å². The summed E-state index contributed by atoms with van der Waals surface area (Å²) in [4.78, 5) is 12.0. The van der Waals surface area contributed by atoms with Crippen LogP contribution in [0.1, 0.15) is 34.3 Å². The number of para-hydroxylation sites is 1. The molecule has 3 heteroatoms. The molecule has 0 bridgehead atoms. The monoisotopic (exact) mass is 266 g/mol. The fourth-order valence-corrected chi connectivity index (χ4v) is 3.08. The van der Waals surface area contributed by atoms with Crippen LogP contribution in [-0.2, 0) is 12.8 Å². The molecule has 3 rings (SSSR count). The highest BCUT2D eigenvalue weighted by Crippen LogP contribution is 2.34. The second kappa shape index (κ2) is 5.00. The van der Waals surface area contributed by atoms with E-state index in [0.717, 1.165) is 36.0 Å². The maximum atomic E-state index is 12.0. The van der Waals surface area contributed by atoms with E-state index in [4.69, 9.17) is 11.5 Å². The topological polar surface area (TPSA) is 69.1 Å². The molecule has 0 radical (unpaired) electrons. The van der Waals surface area contributed by atoms with Gasteiger partial charge in [0.2, 0.25) is 5.91 Å². The van der Waals surface area contributed by atoms with Gasteiger partial charge in [-0.05, 0) is 48.4 Å². The molecule has 3 nitrogen and oxygen atoms in total. The summed E-state index contributed by atoms with van der Waals surface area (Å²) in [5.41, 5.74) is 17.1. The minimum atomic E-state index is -0.359. The number of nitrogen functional groups attached to an aromatic ring is 1. The maximum Gasteiger partial charge on any atom is 0.249 e. The van der Waals surface area contributed by atoms with Crippen molar-refractivity contribution in [3.63, 3.8) is 0 Å². The highest BCUT2D eigenvalue weighted by molar-refractivity contribution is 6.03. The number of rotatable bonds is 2. The van der Waals surface area contributed by atoms with Crippen LogP contribution in [0.4, 0.5) is 5.69 Å². The van der Waals surface area contributed by atoms with Crippen molar-refractivity contribution in [2.24, 2.45) is 5.73 Å². The number of anilines is 1. The van der Waals surface area contributed by atoms with Crippen molar-refractivity contribution in [2.45, 2.75) is 25.7 Å². The van der Waals surface area contributed by atoms with E-state index in [1.807, 2.05) is 30.3 Å². The minimum Gasteiger partial charge on any atom is -0.398 e. The van der Waals surface area contributed by atoms with E-state index >= 15 is 0 Å². The zero-order valence-corrected chi connectivity index (χ0v) is 11.4. The van der Waals surface area contributed by atoms with E-state index in [0.29, 0.717) is 11.3 Å². The van der Waals surface area contributed by atoms with Crippen LogP contribution in [0.3, 0.4) is 0 Å². The van der Waals surface area contributed by atoms with Crippen LogP contribution in [0.5, 0.6) is 0 Å². The molecule has 0 spiro atoms. The highest BCUT2D eigenvalue weighted by Gasteiger charge is 2.21. The number of carbonyl (C=O) groups is 1. The number of nitrogens with two attached hydrogens (primary N) is 2. The molecule has 1 aliphatic rings. The Labute approximate surface area is 118 Å². The molecule has 20 heavy (non-hydrogen) atoms. The smallest absolute Gasteiger partial charge is 0.249 e. The van der Waals surface area contributed by atoms with Crippen LogP contribution in [0.25, 0.3) is 11.1 Å². The third-order valence-corrected chi connectivity index (χ3v) is 4.03. The van der Waals surface area contributed by atoms with Gasteiger partial charge in [0, 0.05) is 11.3 Å². The van der Waals surface area contributed by atoms with Crippen LogP contribution < -0.4 is 11.5 Å². The molecule has 1 amide bonds. The molecule has 0 aromatic heterocycles. The number of amides is 1. The van der Waals surface area contributed by atoms with Gasteiger partial charge in [-0.15, -0.1) is 0 Å². The first-order valence-electron chi connectivity index (χ1n) is 6.98. The van der Waals surface area contributed by atoms with Crippen molar-refractivity contribution in [2.75, 3.05) is 5.73 Å². The fourth-order valence-electron chi connectivity index (χ4n) is 3.08. The van der Waals surface area contributed by atoms with Crippen LogP contribution >= 0.6 is 0 Å². The molecule has 0 atom stereocenters. The molecule has 102 valence electrons. The summed E-state index contributed by atoms with van der Waals surface area (Å²) in [6.45, 7) is 0. The molecule has 2 aromatic carbocycles. The molecule has 2 aromatic rings. The average Bonchev–Trinajstić information content (AvgIpc) is 2.46. The van der Waals surface area contributed by atoms with Gasteiger partial charge in [-0.2, -0.15) is 0 Å². The normalized spacial score (nSPS) is 13.8. The summed E-state index contributed by atoms with van der Waals surface area (Å²) >= 11 is 0.